The Morgan fingerprint density at radius 1 is 1.55 bits per heavy atom. The molecule has 0 aliphatic heterocycles. The molecule has 0 aromatic carbocycles. The molecule has 0 fully saturated rings. The number of aromatic nitrogens is 1. The van der Waals surface area contributed by atoms with Crippen LogP contribution >= 0.6 is 0 Å². The van der Waals surface area contributed by atoms with Crippen molar-refractivity contribution < 1.29 is 18.7 Å². The molecule has 0 amide bonds. The normalized spacial score (nSPS) is 10.9. The SMILES string of the molecule is C=C(c1cncc(F)c1)N(C)/N=C(\C)OCC(=O)OC. The summed E-state index contributed by atoms with van der Waals surface area (Å²) in [5.74, 6) is -0.710. The molecule has 0 spiro atoms. The molecule has 7 heteroatoms. The fourth-order valence-corrected chi connectivity index (χ4v) is 1.28. The van der Waals surface area contributed by atoms with E-state index in [-0.39, 0.29) is 12.5 Å². The van der Waals surface area contributed by atoms with Crippen LogP contribution in [0.1, 0.15) is 12.5 Å². The van der Waals surface area contributed by atoms with Crippen LogP contribution in [0.15, 0.2) is 30.1 Å². The van der Waals surface area contributed by atoms with E-state index in [1.807, 2.05) is 0 Å². The van der Waals surface area contributed by atoms with Crippen LogP contribution in [0.25, 0.3) is 5.70 Å². The van der Waals surface area contributed by atoms with Crippen molar-refractivity contribution in [2.24, 2.45) is 5.10 Å². The molecule has 0 saturated heterocycles. The molecular weight excluding hydrogens is 265 g/mol. The Labute approximate surface area is 116 Å². The smallest absolute Gasteiger partial charge is 0.343 e. The van der Waals surface area contributed by atoms with Gasteiger partial charge in [0, 0.05) is 25.7 Å². The topological polar surface area (TPSA) is 64.0 Å². The summed E-state index contributed by atoms with van der Waals surface area (Å²) in [4.78, 5) is 14.6. The first-order valence-corrected chi connectivity index (χ1v) is 5.72. The molecule has 0 aliphatic rings. The van der Waals surface area contributed by atoms with E-state index in [1.54, 1.807) is 14.0 Å². The van der Waals surface area contributed by atoms with Crippen LogP contribution in [-0.2, 0) is 14.3 Å². The number of halogens is 1. The molecule has 108 valence electrons. The number of hydrogen-bond donors (Lipinski definition) is 0. The first-order valence-electron chi connectivity index (χ1n) is 5.72. The Kier molecular flexibility index (Phi) is 5.64. The highest BCUT2D eigenvalue weighted by Gasteiger charge is 2.07. The second kappa shape index (κ2) is 7.22. The molecule has 1 aromatic rings. The third kappa shape index (κ3) is 4.68. The number of hydrogen-bond acceptors (Lipinski definition) is 6. The van der Waals surface area contributed by atoms with Crippen LogP contribution in [0.3, 0.4) is 0 Å². The van der Waals surface area contributed by atoms with Crippen molar-refractivity contribution in [2.75, 3.05) is 20.8 Å². The Hall–Kier alpha value is -2.44. The Morgan fingerprint density at radius 2 is 2.25 bits per heavy atom. The molecule has 1 rings (SSSR count). The van der Waals surface area contributed by atoms with Gasteiger partial charge >= 0.3 is 5.97 Å². The predicted molar refractivity (Wildman–Crippen MR) is 72.1 cm³/mol. The van der Waals surface area contributed by atoms with Crippen molar-refractivity contribution in [1.29, 1.82) is 0 Å². The summed E-state index contributed by atoms with van der Waals surface area (Å²) in [5.41, 5.74) is 0.940. The molecule has 0 aliphatic carbocycles. The summed E-state index contributed by atoms with van der Waals surface area (Å²) in [6.45, 7) is 5.15. The van der Waals surface area contributed by atoms with Crippen LogP contribution in [-0.4, -0.2) is 42.6 Å². The highest BCUT2D eigenvalue weighted by atomic mass is 19.1. The molecule has 0 N–H and O–H groups in total. The van der Waals surface area contributed by atoms with Crippen LogP contribution < -0.4 is 0 Å². The lowest BCUT2D eigenvalue weighted by Gasteiger charge is -2.17. The molecule has 0 unspecified atom stereocenters. The lowest BCUT2D eigenvalue weighted by molar-refractivity contribution is -0.143. The van der Waals surface area contributed by atoms with Gasteiger partial charge in [-0.3, -0.25) is 9.99 Å². The Bertz CT molecular complexity index is 531. The largest absolute Gasteiger partial charge is 0.468 e. The van der Waals surface area contributed by atoms with Crippen LogP contribution in [0, 0.1) is 5.82 Å². The third-order valence-electron chi connectivity index (χ3n) is 2.35. The van der Waals surface area contributed by atoms with E-state index in [0.29, 0.717) is 11.3 Å². The highest BCUT2D eigenvalue weighted by molar-refractivity contribution is 5.78. The molecule has 0 saturated carbocycles. The van der Waals surface area contributed by atoms with Gasteiger partial charge in [0.05, 0.1) is 19.0 Å². The van der Waals surface area contributed by atoms with Crippen molar-refractivity contribution >= 4 is 17.6 Å². The number of carbonyl (C=O) groups excluding carboxylic acids is 1. The van der Waals surface area contributed by atoms with Gasteiger partial charge < -0.3 is 9.47 Å². The van der Waals surface area contributed by atoms with E-state index in [2.05, 4.69) is 21.4 Å². The summed E-state index contributed by atoms with van der Waals surface area (Å²) >= 11 is 0. The standard InChI is InChI=1S/C13H16FN3O3/c1-9(11-5-12(14)7-15-6-11)17(3)16-10(2)20-8-13(18)19-4/h5-7H,1,8H2,2-4H3/b16-10+. The molecule has 0 bridgehead atoms. The lowest BCUT2D eigenvalue weighted by Crippen LogP contribution is -2.17. The van der Waals surface area contributed by atoms with Gasteiger partial charge in [-0.05, 0) is 6.07 Å². The molecule has 20 heavy (non-hydrogen) atoms. The van der Waals surface area contributed by atoms with Gasteiger partial charge in [-0.15, -0.1) is 5.10 Å². The van der Waals surface area contributed by atoms with Gasteiger partial charge in [-0.25, -0.2) is 9.18 Å². The van der Waals surface area contributed by atoms with E-state index in [0.717, 1.165) is 6.20 Å². The number of nitrogens with zero attached hydrogens (tertiary/aromatic N) is 3. The molecule has 0 atom stereocenters. The average molecular weight is 281 g/mol. The molecule has 0 radical (unpaired) electrons. The predicted octanol–water partition coefficient (Wildman–Crippen LogP) is 1.65. The minimum Gasteiger partial charge on any atom is -0.468 e. The first-order chi connectivity index (χ1) is 9.43. The van der Waals surface area contributed by atoms with Crippen LogP contribution in [0.4, 0.5) is 4.39 Å². The minimum atomic E-state index is -0.504. The quantitative estimate of drug-likeness (QED) is 0.355. The van der Waals surface area contributed by atoms with Gasteiger partial charge in [0.1, 0.15) is 5.82 Å². The van der Waals surface area contributed by atoms with Crippen LogP contribution in [0.2, 0.25) is 0 Å². The van der Waals surface area contributed by atoms with E-state index >= 15 is 0 Å². The van der Waals surface area contributed by atoms with Crippen LogP contribution in [0.5, 0.6) is 0 Å². The third-order valence-corrected chi connectivity index (χ3v) is 2.35. The van der Waals surface area contributed by atoms with Gasteiger partial charge in [-0.1, -0.05) is 6.58 Å². The zero-order valence-corrected chi connectivity index (χ0v) is 11.6. The van der Waals surface area contributed by atoms with E-state index in [9.17, 15) is 9.18 Å². The maximum absolute atomic E-state index is 13.1. The molecule has 1 aromatic heterocycles. The van der Waals surface area contributed by atoms with Crippen molar-refractivity contribution in [3.8, 4) is 0 Å². The lowest BCUT2D eigenvalue weighted by atomic mass is 10.2. The monoisotopic (exact) mass is 281 g/mol. The summed E-state index contributed by atoms with van der Waals surface area (Å²) < 4.78 is 22.6. The fourth-order valence-electron chi connectivity index (χ4n) is 1.28. The number of ether oxygens (including phenoxy) is 2. The first kappa shape index (κ1) is 15.6. The zero-order chi connectivity index (χ0) is 15.1. The van der Waals surface area contributed by atoms with Gasteiger partial charge in [-0.2, -0.15) is 0 Å². The van der Waals surface area contributed by atoms with Crippen molar-refractivity contribution in [3.05, 3.63) is 36.4 Å². The number of methoxy groups -OCH3 is 1. The van der Waals surface area contributed by atoms with Crippen molar-refractivity contribution in [3.63, 3.8) is 0 Å². The second-order valence-corrected chi connectivity index (χ2v) is 3.85. The van der Waals surface area contributed by atoms with Gasteiger partial charge in [0.2, 0.25) is 5.90 Å². The number of carbonyl (C=O) groups is 1. The van der Waals surface area contributed by atoms with E-state index in [1.165, 1.54) is 24.4 Å². The maximum atomic E-state index is 13.1. The van der Waals surface area contributed by atoms with E-state index < -0.39 is 11.8 Å². The van der Waals surface area contributed by atoms with Crippen molar-refractivity contribution in [1.82, 2.24) is 9.99 Å². The second-order valence-electron chi connectivity index (χ2n) is 3.85. The molecule has 6 nitrogen and oxygen atoms in total. The Balaban J connectivity index is 2.67. The summed E-state index contributed by atoms with van der Waals surface area (Å²) in [5, 5.41) is 5.47. The maximum Gasteiger partial charge on any atom is 0.343 e. The minimum absolute atomic E-state index is 0.229. The zero-order valence-electron chi connectivity index (χ0n) is 11.6. The van der Waals surface area contributed by atoms with E-state index in [4.69, 9.17) is 4.74 Å². The average Bonchev–Trinajstić information content (AvgIpc) is 2.43. The molecular formula is C13H16FN3O3. The fraction of sp³-hybridized carbons (Fsp3) is 0.308. The number of pyridine rings is 1. The van der Waals surface area contributed by atoms with Crippen molar-refractivity contribution in [2.45, 2.75) is 6.92 Å². The summed E-state index contributed by atoms with van der Waals surface area (Å²) in [6.07, 6.45) is 2.58. The van der Waals surface area contributed by atoms with Gasteiger partial charge in [0.25, 0.3) is 0 Å². The number of esters is 1. The Morgan fingerprint density at radius 3 is 2.85 bits per heavy atom. The highest BCUT2D eigenvalue weighted by Crippen LogP contribution is 2.15. The number of rotatable bonds is 5. The summed E-state index contributed by atoms with van der Waals surface area (Å²) in [7, 11) is 2.89. The summed E-state index contributed by atoms with van der Waals surface area (Å²) in [6, 6.07) is 1.30. The molecule has 1 heterocycles. The number of hydrazone groups is 1. The van der Waals surface area contributed by atoms with Gasteiger partial charge in [0.15, 0.2) is 6.61 Å².